The maximum Gasteiger partial charge on any atom is 0.327 e. The molecule has 1 atom stereocenters. The van der Waals surface area contributed by atoms with Crippen LogP contribution in [0.25, 0.3) is 0 Å². The smallest absolute Gasteiger partial charge is 0.318 e. The molecule has 0 radical (unpaired) electrons. The summed E-state index contributed by atoms with van der Waals surface area (Å²) in [6.07, 6.45) is 4.97. The topological polar surface area (TPSA) is 52.7 Å². The number of likely N-dealkylation sites (N-methyl/N-ethyl adjacent to an activating group) is 2. The molecule has 1 saturated carbocycles. The molecule has 5 heteroatoms. The maximum absolute atomic E-state index is 11.9. The van der Waals surface area contributed by atoms with Gasteiger partial charge in [-0.25, -0.2) is 4.79 Å². The van der Waals surface area contributed by atoms with Crippen LogP contribution in [0.3, 0.4) is 0 Å². The second-order valence-electron chi connectivity index (χ2n) is 5.35. The van der Waals surface area contributed by atoms with Crippen LogP contribution in [-0.2, 0) is 4.79 Å². The lowest BCUT2D eigenvalue weighted by Crippen LogP contribution is -2.47. The van der Waals surface area contributed by atoms with E-state index < -0.39 is 0 Å². The SMILES string of the molecule is CCNC(CN1C(=O)CN(C)C1=O)C1CCCC1. The zero-order valence-corrected chi connectivity index (χ0v) is 11.3. The van der Waals surface area contributed by atoms with Crippen LogP contribution < -0.4 is 5.32 Å². The summed E-state index contributed by atoms with van der Waals surface area (Å²) in [4.78, 5) is 26.6. The summed E-state index contributed by atoms with van der Waals surface area (Å²) < 4.78 is 0. The van der Waals surface area contributed by atoms with Gasteiger partial charge in [0.25, 0.3) is 0 Å². The Morgan fingerprint density at radius 2 is 2.00 bits per heavy atom. The zero-order valence-electron chi connectivity index (χ0n) is 11.3. The van der Waals surface area contributed by atoms with Crippen molar-refractivity contribution in [3.8, 4) is 0 Å². The Kier molecular flexibility index (Phi) is 4.22. The third kappa shape index (κ3) is 2.66. The van der Waals surface area contributed by atoms with E-state index >= 15 is 0 Å². The first-order valence-electron chi connectivity index (χ1n) is 6.92. The number of hydrogen-bond donors (Lipinski definition) is 1. The van der Waals surface area contributed by atoms with E-state index in [1.54, 1.807) is 7.05 Å². The van der Waals surface area contributed by atoms with Crippen LogP contribution in [0, 0.1) is 5.92 Å². The van der Waals surface area contributed by atoms with Crippen LogP contribution >= 0.6 is 0 Å². The van der Waals surface area contributed by atoms with Gasteiger partial charge in [0.15, 0.2) is 0 Å². The number of carbonyl (C=O) groups is 2. The molecule has 1 saturated heterocycles. The van der Waals surface area contributed by atoms with Crippen LogP contribution in [-0.4, -0.2) is 54.5 Å². The van der Waals surface area contributed by atoms with Gasteiger partial charge in [0, 0.05) is 19.6 Å². The van der Waals surface area contributed by atoms with Crippen LogP contribution in [0.5, 0.6) is 0 Å². The molecule has 0 aromatic heterocycles. The van der Waals surface area contributed by atoms with Gasteiger partial charge in [-0.3, -0.25) is 9.69 Å². The van der Waals surface area contributed by atoms with Crippen molar-refractivity contribution in [1.29, 1.82) is 0 Å². The van der Waals surface area contributed by atoms with Crippen LogP contribution in [0.15, 0.2) is 0 Å². The minimum absolute atomic E-state index is 0.0663. The molecule has 1 aliphatic carbocycles. The zero-order chi connectivity index (χ0) is 13.1. The van der Waals surface area contributed by atoms with Gasteiger partial charge >= 0.3 is 6.03 Å². The highest BCUT2D eigenvalue weighted by Gasteiger charge is 2.36. The van der Waals surface area contributed by atoms with Gasteiger partial charge in [-0.15, -0.1) is 0 Å². The molecule has 2 rings (SSSR count). The van der Waals surface area contributed by atoms with E-state index in [0.717, 1.165) is 6.54 Å². The summed E-state index contributed by atoms with van der Waals surface area (Å²) in [5.74, 6) is 0.542. The van der Waals surface area contributed by atoms with E-state index in [0.29, 0.717) is 12.5 Å². The van der Waals surface area contributed by atoms with E-state index in [1.165, 1.54) is 35.5 Å². The highest BCUT2D eigenvalue weighted by Crippen LogP contribution is 2.28. The van der Waals surface area contributed by atoms with Crippen molar-refractivity contribution in [1.82, 2.24) is 15.1 Å². The number of imide groups is 1. The van der Waals surface area contributed by atoms with Gasteiger partial charge in [0.2, 0.25) is 5.91 Å². The number of carbonyl (C=O) groups excluding carboxylic acids is 2. The minimum Gasteiger partial charge on any atom is -0.318 e. The number of nitrogens with zero attached hydrogens (tertiary/aromatic N) is 2. The Morgan fingerprint density at radius 3 is 2.50 bits per heavy atom. The van der Waals surface area contributed by atoms with Crippen molar-refractivity contribution in [2.45, 2.75) is 38.6 Å². The standard InChI is InChI=1S/C13H23N3O2/c1-3-14-11(10-6-4-5-7-10)8-16-12(17)9-15(2)13(16)18/h10-11,14H,3-9H2,1-2H3. The van der Waals surface area contributed by atoms with Crippen molar-refractivity contribution < 1.29 is 9.59 Å². The normalized spacial score (nSPS) is 23.2. The van der Waals surface area contributed by atoms with Crippen LogP contribution in [0.4, 0.5) is 4.79 Å². The molecule has 102 valence electrons. The lowest BCUT2D eigenvalue weighted by molar-refractivity contribution is -0.125. The second kappa shape index (κ2) is 5.69. The molecule has 2 aliphatic rings. The van der Waals surface area contributed by atoms with Gasteiger partial charge < -0.3 is 10.2 Å². The number of amides is 3. The van der Waals surface area contributed by atoms with Gasteiger partial charge in [0.1, 0.15) is 6.54 Å². The summed E-state index contributed by atoms with van der Waals surface area (Å²) in [6, 6.07) is 0.109. The fraction of sp³-hybridized carbons (Fsp3) is 0.846. The molecule has 1 aliphatic heterocycles. The van der Waals surface area contributed by atoms with E-state index in [-0.39, 0.29) is 24.5 Å². The first-order chi connectivity index (χ1) is 8.63. The van der Waals surface area contributed by atoms with E-state index in [4.69, 9.17) is 0 Å². The van der Waals surface area contributed by atoms with Crippen LogP contribution in [0.2, 0.25) is 0 Å². The quantitative estimate of drug-likeness (QED) is 0.745. The second-order valence-corrected chi connectivity index (χ2v) is 5.35. The molecule has 0 spiro atoms. The summed E-state index contributed by atoms with van der Waals surface area (Å²) in [5, 5.41) is 3.44. The molecule has 0 aromatic carbocycles. The number of rotatable bonds is 5. The fourth-order valence-electron chi connectivity index (χ4n) is 3.05. The molecule has 5 nitrogen and oxygen atoms in total. The lowest BCUT2D eigenvalue weighted by Gasteiger charge is -2.27. The highest BCUT2D eigenvalue weighted by atomic mass is 16.2. The van der Waals surface area contributed by atoms with Gasteiger partial charge in [-0.2, -0.15) is 0 Å². The Balaban J connectivity index is 1.99. The van der Waals surface area contributed by atoms with Crippen LogP contribution in [0.1, 0.15) is 32.6 Å². The Labute approximate surface area is 108 Å². The van der Waals surface area contributed by atoms with E-state index in [2.05, 4.69) is 12.2 Å². The van der Waals surface area contributed by atoms with Gasteiger partial charge in [-0.1, -0.05) is 19.8 Å². The van der Waals surface area contributed by atoms with E-state index in [9.17, 15) is 9.59 Å². The third-order valence-corrected chi connectivity index (χ3v) is 4.05. The maximum atomic E-state index is 11.9. The molecule has 0 aromatic rings. The minimum atomic E-state index is -0.152. The third-order valence-electron chi connectivity index (χ3n) is 4.05. The Bertz CT molecular complexity index is 326. The predicted octanol–water partition coefficient (Wildman–Crippen LogP) is 1.05. The predicted molar refractivity (Wildman–Crippen MR) is 69.2 cm³/mol. The molecule has 0 bridgehead atoms. The monoisotopic (exact) mass is 253 g/mol. The molecule has 18 heavy (non-hydrogen) atoms. The van der Waals surface area contributed by atoms with Crippen molar-refractivity contribution in [3.63, 3.8) is 0 Å². The summed E-state index contributed by atoms with van der Waals surface area (Å²) in [7, 11) is 1.68. The molecule has 1 N–H and O–H groups in total. The molecule has 1 unspecified atom stereocenters. The Hall–Kier alpha value is -1.10. The van der Waals surface area contributed by atoms with Crippen molar-refractivity contribution >= 4 is 11.9 Å². The fourth-order valence-corrected chi connectivity index (χ4v) is 3.05. The van der Waals surface area contributed by atoms with Gasteiger partial charge in [-0.05, 0) is 25.3 Å². The summed E-state index contributed by atoms with van der Waals surface area (Å²) >= 11 is 0. The number of nitrogens with one attached hydrogen (secondary N) is 1. The first kappa shape index (κ1) is 13.3. The van der Waals surface area contributed by atoms with Gasteiger partial charge in [0.05, 0.1) is 0 Å². The average molecular weight is 253 g/mol. The lowest BCUT2D eigenvalue weighted by atomic mass is 9.97. The number of urea groups is 1. The largest absolute Gasteiger partial charge is 0.327 e. The van der Waals surface area contributed by atoms with Crippen molar-refractivity contribution in [3.05, 3.63) is 0 Å². The van der Waals surface area contributed by atoms with Crippen molar-refractivity contribution in [2.75, 3.05) is 26.7 Å². The van der Waals surface area contributed by atoms with E-state index in [1.807, 2.05) is 0 Å². The molecular formula is C13H23N3O2. The molecule has 3 amide bonds. The average Bonchev–Trinajstić information content (AvgIpc) is 2.93. The Morgan fingerprint density at radius 1 is 1.33 bits per heavy atom. The first-order valence-corrected chi connectivity index (χ1v) is 6.92. The molecule has 1 heterocycles. The molecular weight excluding hydrogens is 230 g/mol. The van der Waals surface area contributed by atoms with Crippen molar-refractivity contribution in [2.24, 2.45) is 5.92 Å². The summed E-state index contributed by atoms with van der Waals surface area (Å²) in [6.45, 7) is 3.71. The summed E-state index contributed by atoms with van der Waals surface area (Å²) in [5.41, 5.74) is 0. The number of hydrogen-bond acceptors (Lipinski definition) is 3. The highest BCUT2D eigenvalue weighted by molar-refractivity contribution is 6.01. The molecule has 2 fully saturated rings.